The SMILES string of the molecule is CC1(C)CCC(C)(C)c2cc3c(cc21)c1ccccc1n3-c1cccc(-c2nc(-c3ccccc3)nc(-c3cnc4c(ccc5cccnc54)c3)n2)c1. The van der Waals surface area contributed by atoms with Gasteiger partial charge >= 0.3 is 0 Å². The Morgan fingerprint density at radius 3 is 1.96 bits per heavy atom. The molecule has 53 heavy (non-hydrogen) atoms. The van der Waals surface area contributed by atoms with Crippen LogP contribution in [-0.2, 0) is 10.8 Å². The largest absolute Gasteiger partial charge is 0.309 e. The molecule has 0 aliphatic heterocycles. The zero-order valence-corrected chi connectivity index (χ0v) is 30.3. The molecule has 5 aromatic carbocycles. The van der Waals surface area contributed by atoms with Crippen molar-refractivity contribution < 1.29 is 0 Å². The lowest BCUT2D eigenvalue weighted by molar-refractivity contribution is 0.332. The maximum atomic E-state index is 5.12. The molecule has 1 aliphatic carbocycles. The number of rotatable bonds is 4. The Morgan fingerprint density at radius 1 is 0.491 bits per heavy atom. The number of benzene rings is 5. The lowest BCUT2D eigenvalue weighted by Gasteiger charge is -2.42. The molecule has 6 nitrogen and oxygen atoms in total. The first-order chi connectivity index (χ1) is 25.7. The number of fused-ring (bicyclic) bond motifs is 7. The molecule has 0 spiro atoms. The average molecular weight is 687 g/mol. The molecule has 0 N–H and O–H groups in total. The average Bonchev–Trinajstić information content (AvgIpc) is 3.53. The van der Waals surface area contributed by atoms with Gasteiger partial charge in [0.15, 0.2) is 17.5 Å². The summed E-state index contributed by atoms with van der Waals surface area (Å²) in [5, 5.41) is 4.59. The first-order valence-corrected chi connectivity index (χ1v) is 18.4. The maximum absolute atomic E-state index is 5.12. The van der Waals surface area contributed by atoms with Gasteiger partial charge in [0.05, 0.1) is 22.1 Å². The molecule has 9 aromatic rings. The third kappa shape index (κ3) is 5.12. The van der Waals surface area contributed by atoms with E-state index in [9.17, 15) is 0 Å². The van der Waals surface area contributed by atoms with E-state index < -0.39 is 0 Å². The summed E-state index contributed by atoms with van der Waals surface area (Å²) in [6.07, 6.45) is 6.01. The van der Waals surface area contributed by atoms with Crippen LogP contribution in [0, 0.1) is 0 Å². The third-order valence-corrected chi connectivity index (χ3v) is 11.4. The highest BCUT2D eigenvalue weighted by Gasteiger charge is 2.38. The van der Waals surface area contributed by atoms with Gasteiger partial charge in [-0.2, -0.15) is 0 Å². The van der Waals surface area contributed by atoms with Gasteiger partial charge in [-0.3, -0.25) is 9.97 Å². The molecule has 0 bridgehead atoms. The molecule has 256 valence electrons. The van der Waals surface area contributed by atoms with E-state index in [-0.39, 0.29) is 10.8 Å². The Labute approximate surface area is 308 Å². The molecule has 0 unspecified atom stereocenters. The van der Waals surface area contributed by atoms with Crippen molar-refractivity contribution in [1.29, 1.82) is 0 Å². The molecule has 4 heterocycles. The van der Waals surface area contributed by atoms with Crippen LogP contribution in [-0.4, -0.2) is 29.5 Å². The second kappa shape index (κ2) is 11.6. The zero-order chi connectivity index (χ0) is 35.9. The molecule has 0 radical (unpaired) electrons. The van der Waals surface area contributed by atoms with E-state index in [2.05, 4.69) is 122 Å². The summed E-state index contributed by atoms with van der Waals surface area (Å²) >= 11 is 0. The van der Waals surface area contributed by atoms with Crippen LogP contribution in [0.25, 0.3) is 83.5 Å². The van der Waals surface area contributed by atoms with Crippen molar-refractivity contribution in [2.45, 2.75) is 51.4 Å². The molecular weight excluding hydrogens is 649 g/mol. The Kier molecular flexibility index (Phi) is 6.90. The smallest absolute Gasteiger partial charge is 0.165 e. The van der Waals surface area contributed by atoms with Crippen LogP contribution in [0.1, 0.15) is 51.7 Å². The molecular formula is C47H38N6. The van der Waals surface area contributed by atoms with E-state index in [1.165, 1.54) is 45.8 Å². The molecule has 0 saturated heterocycles. The van der Waals surface area contributed by atoms with Gasteiger partial charge in [-0.05, 0) is 77.3 Å². The summed E-state index contributed by atoms with van der Waals surface area (Å²) in [4.78, 5) is 24.7. The minimum absolute atomic E-state index is 0.0958. The molecule has 4 aromatic heterocycles. The van der Waals surface area contributed by atoms with Gasteiger partial charge in [0.25, 0.3) is 0 Å². The van der Waals surface area contributed by atoms with Gasteiger partial charge in [0, 0.05) is 56.3 Å². The molecule has 0 amide bonds. The molecule has 0 fully saturated rings. The van der Waals surface area contributed by atoms with Gasteiger partial charge in [0.2, 0.25) is 0 Å². The summed E-state index contributed by atoms with van der Waals surface area (Å²) < 4.78 is 2.41. The zero-order valence-electron chi connectivity index (χ0n) is 30.3. The molecule has 0 saturated carbocycles. The van der Waals surface area contributed by atoms with Crippen LogP contribution in [0.2, 0.25) is 0 Å². The molecule has 10 rings (SSSR count). The van der Waals surface area contributed by atoms with E-state index >= 15 is 0 Å². The van der Waals surface area contributed by atoms with E-state index in [0.29, 0.717) is 17.5 Å². The van der Waals surface area contributed by atoms with Crippen LogP contribution in [0.5, 0.6) is 0 Å². The quantitative estimate of drug-likeness (QED) is 0.172. The van der Waals surface area contributed by atoms with Crippen LogP contribution < -0.4 is 0 Å². The highest BCUT2D eigenvalue weighted by atomic mass is 15.0. The second-order valence-electron chi connectivity index (χ2n) is 15.7. The van der Waals surface area contributed by atoms with Gasteiger partial charge in [-0.15, -0.1) is 0 Å². The van der Waals surface area contributed by atoms with Crippen molar-refractivity contribution in [1.82, 2.24) is 29.5 Å². The normalized spacial score (nSPS) is 14.9. The van der Waals surface area contributed by atoms with Gasteiger partial charge in [0.1, 0.15) is 0 Å². The summed E-state index contributed by atoms with van der Waals surface area (Å²) in [6, 6.07) is 42.7. The Hall–Kier alpha value is -6.27. The summed E-state index contributed by atoms with van der Waals surface area (Å²) in [7, 11) is 0. The van der Waals surface area contributed by atoms with Crippen molar-refractivity contribution in [2.75, 3.05) is 0 Å². The summed E-state index contributed by atoms with van der Waals surface area (Å²) in [6.45, 7) is 9.59. The second-order valence-corrected chi connectivity index (χ2v) is 15.7. The van der Waals surface area contributed by atoms with Crippen molar-refractivity contribution in [2.24, 2.45) is 0 Å². The number of hydrogen-bond acceptors (Lipinski definition) is 5. The number of pyridine rings is 2. The van der Waals surface area contributed by atoms with Gasteiger partial charge in [-0.25, -0.2) is 15.0 Å². The first-order valence-electron chi connectivity index (χ1n) is 18.4. The fourth-order valence-corrected chi connectivity index (χ4v) is 8.30. The van der Waals surface area contributed by atoms with Crippen molar-refractivity contribution in [3.05, 3.63) is 145 Å². The van der Waals surface area contributed by atoms with Gasteiger partial charge in [-0.1, -0.05) is 107 Å². The Balaban J connectivity index is 1.16. The predicted molar refractivity (Wildman–Crippen MR) is 216 cm³/mol. The third-order valence-electron chi connectivity index (χ3n) is 11.4. The highest BCUT2D eigenvalue weighted by molar-refractivity contribution is 6.10. The minimum Gasteiger partial charge on any atom is -0.309 e. The van der Waals surface area contributed by atoms with Crippen molar-refractivity contribution in [3.8, 4) is 39.9 Å². The van der Waals surface area contributed by atoms with Crippen LogP contribution in [0.15, 0.2) is 134 Å². The number of aromatic nitrogens is 6. The standard InChI is InChI=1S/C47H38N6/c1-46(2)21-22-47(3,4)38-27-40-36(26-37(38)46)35-17-8-9-18-39(35)53(40)34-16-10-14-32(25-34)44-50-43(30-12-6-5-7-13-30)51-45(52-44)33-24-31-20-19-29-15-11-23-48-41(29)42(31)49-28-33/h5-20,23-28H,21-22H2,1-4H3. The van der Waals surface area contributed by atoms with Crippen LogP contribution >= 0.6 is 0 Å². The first kappa shape index (κ1) is 31.5. The van der Waals surface area contributed by atoms with E-state index in [4.69, 9.17) is 19.9 Å². The number of para-hydroxylation sites is 1. The summed E-state index contributed by atoms with van der Waals surface area (Å²) in [5.41, 5.74) is 11.0. The molecule has 1 aliphatic rings. The minimum atomic E-state index is 0.0958. The molecule has 6 heteroatoms. The lowest BCUT2D eigenvalue weighted by Crippen LogP contribution is -2.33. The fraction of sp³-hybridized carbons (Fsp3) is 0.170. The highest BCUT2D eigenvalue weighted by Crippen LogP contribution is 2.48. The van der Waals surface area contributed by atoms with Gasteiger partial charge < -0.3 is 4.57 Å². The topological polar surface area (TPSA) is 69.4 Å². The monoisotopic (exact) mass is 686 g/mol. The number of hydrogen-bond donors (Lipinski definition) is 0. The van der Waals surface area contributed by atoms with Crippen LogP contribution in [0.4, 0.5) is 0 Å². The summed E-state index contributed by atoms with van der Waals surface area (Å²) in [5.74, 6) is 1.80. The Bertz CT molecular complexity index is 2900. The predicted octanol–water partition coefficient (Wildman–Crippen LogP) is 11.4. The Morgan fingerprint density at radius 2 is 1.15 bits per heavy atom. The van der Waals surface area contributed by atoms with Crippen LogP contribution in [0.3, 0.4) is 0 Å². The van der Waals surface area contributed by atoms with E-state index in [0.717, 1.165) is 44.2 Å². The number of nitrogens with zero attached hydrogens (tertiary/aromatic N) is 6. The fourth-order valence-electron chi connectivity index (χ4n) is 8.30. The van der Waals surface area contributed by atoms with Crippen molar-refractivity contribution in [3.63, 3.8) is 0 Å². The van der Waals surface area contributed by atoms with E-state index in [1.807, 2.05) is 48.8 Å². The van der Waals surface area contributed by atoms with E-state index in [1.54, 1.807) is 0 Å². The maximum Gasteiger partial charge on any atom is 0.165 e. The lowest BCUT2D eigenvalue weighted by atomic mass is 9.63. The molecule has 0 atom stereocenters. The van der Waals surface area contributed by atoms with Crippen molar-refractivity contribution >= 4 is 43.6 Å².